The second kappa shape index (κ2) is 9.87. The number of nitrogens with zero attached hydrogens (tertiary/aromatic N) is 1. The average Bonchev–Trinajstić information content (AvgIpc) is 3.02. The lowest BCUT2D eigenvalue weighted by atomic mass is 9.81. The first-order valence-electron chi connectivity index (χ1n) is 10.2. The Morgan fingerprint density at radius 1 is 1.32 bits per heavy atom. The van der Waals surface area contributed by atoms with E-state index >= 15 is 0 Å². The summed E-state index contributed by atoms with van der Waals surface area (Å²) in [6, 6.07) is 6.80. The Bertz CT molecular complexity index is 693. The highest BCUT2D eigenvalue weighted by Gasteiger charge is 2.30. The Morgan fingerprint density at radius 3 is 2.61 bits per heavy atom. The number of aliphatic hydroxyl groups is 1. The van der Waals surface area contributed by atoms with E-state index in [4.69, 9.17) is 5.11 Å². The first-order valence-corrected chi connectivity index (χ1v) is 10.2. The van der Waals surface area contributed by atoms with Gasteiger partial charge in [-0.05, 0) is 42.4 Å². The number of carbonyl (C=O) groups excluding carboxylic acids is 1. The van der Waals surface area contributed by atoms with Crippen molar-refractivity contribution in [3.05, 3.63) is 47.5 Å². The van der Waals surface area contributed by atoms with Crippen molar-refractivity contribution in [3.63, 3.8) is 0 Å². The highest BCUT2D eigenvalue weighted by molar-refractivity contribution is 5.87. The number of likely N-dealkylation sites (tertiary alicyclic amines) is 1. The molecule has 0 aliphatic carbocycles. The number of rotatable bonds is 10. The van der Waals surface area contributed by atoms with Gasteiger partial charge >= 0.3 is 5.97 Å². The van der Waals surface area contributed by atoms with Gasteiger partial charge in [0.05, 0.1) is 17.7 Å². The molecule has 2 N–H and O–H groups in total. The fraction of sp³-hybridized carbons (Fsp3) is 0.565. The topological polar surface area (TPSA) is 77.8 Å². The van der Waals surface area contributed by atoms with Gasteiger partial charge in [-0.15, -0.1) is 0 Å². The zero-order chi connectivity index (χ0) is 20.7. The summed E-state index contributed by atoms with van der Waals surface area (Å²) >= 11 is 0. The third-order valence-corrected chi connectivity index (χ3v) is 5.71. The first kappa shape index (κ1) is 22.2. The second-order valence-electron chi connectivity index (χ2n) is 8.37. The smallest absolute Gasteiger partial charge is 0.335 e. The van der Waals surface area contributed by atoms with E-state index in [9.17, 15) is 14.7 Å². The predicted octanol–water partition coefficient (Wildman–Crippen LogP) is 4.05. The van der Waals surface area contributed by atoms with E-state index in [-0.39, 0.29) is 22.9 Å². The maximum absolute atomic E-state index is 12.3. The van der Waals surface area contributed by atoms with Crippen molar-refractivity contribution in [2.45, 2.75) is 71.4 Å². The highest BCUT2D eigenvalue weighted by atomic mass is 16.4. The number of benzene rings is 1. The molecule has 28 heavy (non-hydrogen) atoms. The zero-order valence-electron chi connectivity index (χ0n) is 17.2. The van der Waals surface area contributed by atoms with E-state index in [0.29, 0.717) is 19.4 Å². The third-order valence-electron chi connectivity index (χ3n) is 5.71. The highest BCUT2D eigenvalue weighted by Crippen LogP contribution is 2.29. The second-order valence-corrected chi connectivity index (χ2v) is 8.37. The average molecular weight is 388 g/mol. The molecule has 1 saturated heterocycles. The number of hydrogen-bond acceptors (Lipinski definition) is 3. The van der Waals surface area contributed by atoms with Crippen molar-refractivity contribution < 1.29 is 19.8 Å². The van der Waals surface area contributed by atoms with Crippen LogP contribution in [0.2, 0.25) is 0 Å². The molecule has 1 aliphatic rings. The van der Waals surface area contributed by atoms with E-state index in [0.717, 1.165) is 31.2 Å². The number of hydrogen-bond donors (Lipinski definition) is 2. The monoisotopic (exact) mass is 387 g/mol. The van der Waals surface area contributed by atoms with Gasteiger partial charge in [-0.1, -0.05) is 57.9 Å². The van der Waals surface area contributed by atoms with Crippen molar-refractivity contribution in [3.8, 4) is 0 Å². The summed E-state index contributed by atoms with van der Waals surface area (Å²) in [5.41, 5.74) is 1.10. The molecule has 1 aliphatic heterocycles. The van der Waals surface area contributed by atoms with Crippen LogP contribution in [0.25, 0.3) is 0 Å². The van der Waals surface area contributed by atoms with Crippen LogP contribution >= 0.6 is 0 Å². The van der Waals surface area contributed by atoms with E-state index < -0.39 is 12.1 Å². The lowest BCUT2D eigenvalue weighted by Crippen LogP contribution is -2.34. The van der Waals surface area contributed by atoms with Gasteiger partial charge in [0.1, 0.15) is 0 Å². The molecule has 5 nitrogen and oxygen atoms in total. The molecule has 1 aromatic carbocycles. The summed E-state index contributed by atoms with van der Waals surface area (Å²) in [5, 5.41) is 19.5. The molecule has 0 radical (unpaired) electrons. The predicted molar refractivity (Wildman–Crippen MR) is 110 cm³/mol. The molecule has 0 bridgehead atoms. The van der Waals surface area contributed by atoms with Crippen LogP contribution in [0, 0.1) is 5.41 Å². The van der Waals surface area contributed by atoms with Gasteiger partial charge in [0.25, 0.3) is 0 Å². The van der Waals surface area contributed by atoms with Gasteiger partial charge in [-0.3, -0.25) is 4.79 Å². The molecule has 1 aromatic rings. The van der Waals surface area contributed by atoms with E-state index in [1.807, 2.05) is 17.1 Å². The van der Waals surface area contributed by atoms with Gasteiger partial charge < -0.3 is 15.1 Å². The molecule has 5 heteroatoms. The van der Waals surface area contributed by atoms with Crippen molar-refractivity contribution in [2.75, 3.05) is 6.54 Å². The van der Waals surface area contributed by atoms with Gasteiger partial charge in [-0.25, -0.2) is 4.79 Å². The molecule has 2 rings (SSSR count). The van der Waals surface area contributed by atoms with Crippen LogP contribution in [0.5, 0.6) is 0 Å². The summed E-state index contributed by atoms with van der Waals surface area (Å²) in [5.74, 6) is -0.802. The lowest BCUT2D eigenvalue weighted by molar-refractivity contribution is -0.128. The van der Waals surface area contributed by atoms with Crippen molar-refractivity contribution in [2.24, 2.45) is 5.41 Å². The summed E-state index contributed by atoms with van der Waals surface area (Å²) in [7, 11) is 0. The molecule has 0 saturated carbocycles. The summed E-state index contributed by atoms with van der Waals surface area (Å²) in [6.45, 7) is 6.90. The molecule has 0 spiro atoms. The molecular formula is C23H33NO4. The number of aromatic carboxylic acids is 1. The van der Waals surface area contributed by atoms with E-state index in [2.05, 4.69) is 20.8 Å². The van der Waals surface area contributed by atoms with E-state index in [1.54, 1.807) is 24.3 Å². The normalized spacial score (nSPS) is 18.8. The number of aliphatic hydroxyl groups excluding tert-OH is 1. The van der Waals surface area contributed by atoms with Crippen LogP contribution in [0.4, 0.5) is 0 Å². The largest absolute Gasteiger partial charge is 0.478 e. The third kappa shape index (κ3) is 5.93. The maximum atomic E-state index is 12.3. The minimum Gasteiger partial charge on any atom is -0.478 e. The minimum absolute atomic E-state index is 0.0161. The Hall–Kier alpha value is -2.14. The number of carboxylic acid groups (broad SMARTS) is 1. The van der Waals surface area contributed by atoms with Crippen molar-refractivity contribution >= 4 is 11.9 Å². The molecular weight excluding hydrogens is 354 g/mol. The number of carbonyl (C=O) groups is 2. The minimum atomic E-state index is -0.938. The summed E-state index contributed by atoms with van der Waals surface area (Å²) < 4.78 is 0. The number of unbranched alkanes of at least 4 members (excludes halogenated alkanes) is 1. The van der Waals surface area contributed by atoms with Crippen molar-refractivity contribution in [1.82, 2.24) is 4.90 Å². The Kier molecular flexibility index (Phi) is 7.81. The standard InChI is InChI=1S/C23H33NO4/c1-4-5-15-23(2,3)20(25)12-10-19-11-13-21(26)24(19)16-14-17-6-8-18(9-7-17)22(27)28/h6-10,12,19-20,25H,4-5,11,13-16H2,1-3H3,(H,27,28)/b12-10+/t19-,20?/m0/s1. The maximum Gasteiger partial charge on any atom is 0.335 e. The van der Waals surface area contributed by atoms with Crippen LogP contribution in [0.3, 0.4) is 0 Å². The van der Waals surface area contributed by atoms with Crippen LogP contribution < -0.4 is 0 Å². The van der Waals surface area contributed by atoms with Gasteiger partial charge in [0.15, 0.2) is 0 Å². The fourth-order valence-electron chi connectivity index (χ4n) is 3.58. The Morgan fingerprint density at radius 2 is 2.00 bits per heavy atom. The van der Waals surface area contributed by atoms with Gasteiger partial charge in [0, 0.05) is 13.0 Å². The van der Waals surface area contributed by atoms with Crippen LogP contribution in [-0.2, 0) is 11.2 Å². The Labute approximate surface area is 168 Å². The quantitative estimate of drug-likeness (QED) is 0.594. The van der Waals surface area contributed by atoms with Crippen LogP contribution in [0.15, 0.2) is 36.4 Å². The molecule has 1 amide bonds. The molecule has 154 valence electrons. The molecule has 1 fully saturated rings. The SMILES string of the molecule is CCCCC(C)(C)C(O)/C=C/[C@H]1CCC(=O)N1CCc1ccc(C(=O)O)cc1. The number of carboxylic acids is 1. The van der Waals surface area contributed by atoms with Crippen LogP contribution in [0.1, 0.15) is 68.8 Å². The molecule has 2 atom stereocenters. The van der Waals surface area contributed by atoms with E-state index in [1.165, 1.54) is 0 Å². The van der Waals surface area contributed by atoms with Gasteiger partial charge in [0.2, 0.25) is 5.91 Å². The van der Waals surface area contributed by atoms with Gasteiger partial charge in [-0.2, -0.15) is 0 Å². The fourth-order valence-corrected chi connectivity index (χ4v) is 3.58. The van der Waals surface area contributed by atoms with Crippen LogP contribution in [-0.4, -0.2) is 45.7 Å². The Balaban J connectivity index is 1.95. The number of amides is 1. The molecule has 1 unspecified atom stereocenters. The van der Waals surface area contributed by atoms with Crippen molar-refractivity contribution in [1.29, 1.82) is 0 Å². The lowest BCUT2D eigenvalue weighted by Gasteiger charge is -2.29. The summed E-state index contributed by atoms with van der Waals surface area (Å²) in [4.78, 5) is 25.1. The molecule has 0 aromatic heterocycles. The zero-order valence-corrected chi connectivity index (χ0v) is 17.2. The summed E-state index contributed by atoms with van der Waals surface area (Å²) in [6.07, 6.45) is 8.46. The first-order chi connectivity index (χ1) is 13.2. The molecule has 1 heterocycles.